The van der Waals surface area contributed by atoms with Crippen LogP contribution in [0.15, 0.2) is 48.5 Å². The minimum Gasteiger partial charge on any atom is -0.338 e. The third-order valence-electron chi connectivity index (χ3n) is 5.49. The van der Waals surface area contributed by atoms with Gasteiger partial charge in [-0.25, -0.2) is 0 Å². The number of carbonyl (C=O) groups excluding carboxylic acids is 1. The Hall–Kier alpha value is -3.28. The van der Waals surface area contributed by atoms with Gasteiger partial charge in [0, 0.05) is 30.5 Å². The zero-order valence-electron chi connectivity index (χ0n) is 17.1. The number of amides is 1. The van der Waals surface area contributed by atoms with E-state index >= 15 is 0 Å². The van der Waals surface area contributed by atoms with E-state index in [1.807, 2.05) is 30.0 Å². The van der Waals surface area contributed by atoms with Crippen LogP contribution < -0.4 is 0 Å². The first-order chi connectivity index (χ1) is 14.1. The summed E-state index contributed by atoms with van der Waals surface area (Å²) in [5.41, 5.74) is 6.29. The van der Waals surface area contributed by atoms with E-state index in [2.05, 4.69) is 59.7 Å². The van der Waals surface area contributed by atoms with Crippen molar-refractivity contribution in [3.05, 3.63) is 70.8 Å². The van der Waals surface area contributed by atoms with Crippen LogP contribution in [0.3, 0.4) is 0 Å². The molecule has 0 unspecified atom stereocenters. The van der Waals surface area contributed by atoms with Crippen LogP contribution >= 0.6 is 0 Å². The SMILES string of the molecule is CCC(=O)N(CCc1ccccc1)Cc1cc2cc(C)c(C)cc2n2nnnc12. The molecule has 0 saturated heterocycles. The van der Waals surface area contributed by atoms with Crippen molar-refractivity contribution in [2.45, 2.75) is 40.2 Å². The monoisotopic (exact) mass is 387 g/mol. The number of pyridine rings is 1. The van der Waals surface area contributed by atoms with Crippen LogP contribution in [-0.2, 0) is 17.8 Å². The van der Waals surface area contributed by atoms with Crippen LogP contribution in [0.5, 0.6) is 0 Å². The Bertz CT molecular complexity index is 1170. The zero-order valence-corrected chi connectivity index (χ0v) is 17.1. The molecule has 2 aromatic carbocycles. The highest BCUT2D eigenvalue weighted by Gasteiger charge is 2.17. The Morgan fingerprint density at radius 1 is 1.07 bits per heavy atom. The van der Waals surface area contributed by atoms with Crippen molar-refractivity contribution in [1.82, 2.24) is 24.9 Å². The van der Waals surface area contributed by atoms with Gasteiger partial charge in [-0.3, -0.25) is 4.79 Å². The highest BCUT2D eigenvalue weighted by Crippen LogP contribution is 2.24. The number of aryl methyl sites for hydroxylation is 2. The second-order valence-corrected chi connectivity index (χ2v) is 7.48. The minimum absolute atomic E-state index is 0.131. The molecular formula is C23H25N5O. The van der Waals surface area contributed by atoms with Crippen molar-refractivity contribution < 1.29 is 4.79 Å². The van der Waals surface area contributed by atoms with Gasteiger partial charge in [-0.15, -0.1) is 5.10 Å². The minimum atomic E-state index is 0.131. The van der Waals surface area contributed by atoms with Crippen molar-refractivity contribution in [2.75, 3.05) is 6.54 Å². The molecule has 6 nitrogen and oxygen atoms in total. The van der Waals surface area contributed by atoms with Crippen LogP contribution in [0.25, 0.3) is 16.6 Å². The lowest BCUT2D eigenvalue weighted by Crippen LogP contribution is -2.32. The van der Waals surface area contributed by atoms with Crippen LogP contribution in [-0.4, -0.2) is 37.4 Å². The summed E-state index contributed by atoms with van der Waals surface area (Å²) in [7, 11) is 0. The van der Waals surface area contributed by atoms with Crippen molar-refractivity contribution >= 4 is 22.5 Å². The van der Waals surface area contributed by atoms with E-state index in [4.69, 9.17) is 0 Å². The number of carbonyl (C=O) groups is 1. The van der Waals surface area contributed by atoms with Gasteiger partial charge in [0.1, 0.15) is 0 Å². The predicted octanol–water partition coefficient (Wildman–Crippen LogP) is 3.88. The van der Waals surface area contributed by atoms with E-state index in [0.717, 1.165) is 22.9 Å². The number of hydrogen-bond donors (Lipinski definition) is 0. The molecule has 1 amide bonds. The number of rotatable bonds is 6. The Kier molecular flexibility index (Phi) is 5.25. The average Bonchev–Trinajstić information content (AvgIpc) is 3.23. The molecule has 0 aliphatic rings. The fourth-order valence-electron chi connectivity index (χ4n) is 3.67. The fourth-order valence-corrected chi connectivity index (χ4v) is 3.67. The van der Waals surface area contributed by atoms with Gasteiger partial charge in [0.25, 0.3) is 0 Å². The molecule has 2 heterocycles. The van der Waals surface area contributed by atoms with Crippen LogP contribution in [0.2, 0.25) is 0 Å². The van der Waals surface area contributed by atoms with E-state index in [0.29, 0.717) is 25.2 Å². The van der Waals surface area contributed by atoms with Crippen molar-refractivity contribution in [3.8, 4) is 0 Å². The molecule has 148 valence electrons. The van der Waals surface area contributed by atoms with Gasteiger partial charge in [0.15, 0.2) is 5.65 Å². The molecule has 0 radical (unpaired) electrons. The van der Waals surface area contributed by atoms with Gasteiger partial charge < -0.3 is 4.90 Å². The first kappa shape index (κ1) is 19.1. The number of benzene rings is 2. The lowest BCUT2D eigenvalue weighted by molar-refractivity contribution is -0.131. The molecule has 0 fully saturated rings. The quantitative estimate of drug-likeness (QED) is 0.504. The Morgan fingerprint density at radius 3 is 2.59 bits per heavy atom. The van der Waals surface area contributed by atoms with Gasteiger partial charge in [0.2, 0.25) is 5.91 Å². The van der Waals surface area contributed by atoms with E-state index in [1.54, 1.807) is 4.52 Å². The summed E-state index contributed by atoms with van der Waals surface area (Å²) in [4.78, 5) is 14.5. The van der Waals surface area contributed by atoms with Crippen LogP contribution in [0.1, 0.15) is 35.6 Å². The third-order valence-corrected chi connectivity index (χ3v) is 5.49. The predicted molar refractivity (Wildman–Crippen MR) is 114 cm³/mol. The maximum Gasteiger partial charge on any atom is 0.222 e. The van der Waals surface area contributed by atoms with E-state index in [9.17, 15) is 4.79 Å². The molecule has 2 aromatic heterocycles. The van der Waals surface area contributed by atoms with Crippen LogP contribution in [0, 0.1) is 13.8 Å². The second kappa shape index (κ2) is 7.99. The summed E-state index contributed by atoms with van der Waals surface area (Å²) < 4.78 is 1.78. The molecule has 4 aromatic rings. The number of fused-ring (bicyclic) bond motifs is 3. The molecule has 0 saturated carbocycles. The summed E-state index contributed by atoms with van der Waals surface area (Å²) in [6.45, 7) is 7.25. The largest absolute Gasteiger partial charge is 0.338 e. The lowest BCUT2D eigenvalue weighted by atomic mass is 10.0. The van der Waals surface area contributed by atoms with Crippen molar-refractivity contribution in [2.24, 2.45) is 0 Å². The molecule has 6 heteroatoms. The average molecular weight is 387 g/mol. The standard InChI is InChI=1S/C23H25N5O/c1-4-22(29)27(11-10-18-8-6-5-7-9-18)15-20-14-19-12-16(2)17(3)13-21(19)28-23(20)24-25-26-28/h5-9,12-14H,4,10-11,15H2,1-3H3. The first-order valence-electron chi connectivity index (χ1n) is 9.99. The number of hydrogen-bond acceptors (Lipinski definition) is 4. The Morgan fingerprint density at radius 2 is 1.83 bits per heavy atom. The maximum absolute atomic E-state index is 12.6. The topological polar surface area (TPSA) is 63.4 Å². The van der Waals surface area contributed by atoms with Gasteiger partial charge >= 0.3 is 0 Å². The normalized spacial score (nSPS) is 11.3. The summed E-state index contributed by atoms with van der Waals surface area (Å²) in [6, 6.07) is 16.6. The van der Waals surface area contributed by atoms with Crippen molar-refractivity contribution in [3.63, 3.8) is 0 Å². The Balaban J connectivity index is 1.70. The summed E-state index contributed by atoms with van der Waals surface area (Å²) in [5.74, 6) is 0.131. The van der Waals surface area contributed by atoms with Crippen LogP contribution in [0.4, 0.5) is 0 Å². The lowest BCUT2D eigenvalue weighted by Gasteiger charge is -2.23. The molecule has 0 atom stereocenters. The zero-order chi connectivity index (χ0) is 20.4. The highest BCUT2D eigenvalue weighted by molar-refractivity contribution is 5.85. The van der Waals surface area contributed by atoms with Gasteiger partial charge in [-0.05, 0) is 65.6 Å². The maximum atomic E-state index is 12.6. The summed E-state index contributed by atoms with van der Waals surface area (Å²) in [5, 5.41) is 13.4. The Labute approximate surface area is 170 Å². The molecule has 0 N–H and O–H groups in total. The smallest absolute Gasteiger partial charge is 0.222 e. The van der Waals surface area contributed by atoms with E-state index in [-0.39, 0.29) is 5.91 Å². The molecule has 4 rings (SSSR count). The fraction of sp³-hybridized carbons (Fsp3) is 0.304. The molecule has 29 heavy (non-hydrogen) atoms. The van der Waals surface area contributed by atoms with E-state index < -0.39 is 0 Å². The molecule has 0 bridgehead atoms. The number of aromatic nitrogens is 4. The van der Waals surface area contributed by atoms with Gasteiger partial charge in [-0.1, -0.05) is 37.3 Å². The second-order valence-electron chi connectivity index (χ2n) is 7.48. The van der Waals surface area contributed by atoms with Gasteiger partial charge in [0.05, 0.1) is 5.52 Å². The third kappa shape index (κ3) is 3.83. The summed E-state index contributed by atoms with van der Waals surface area (Å²) in [6.07, 6.45) is 1.29. The number of tetrazole rings is 1. The first-order valence-corrected chi connectivity index (χ1v) is 9.99. The highest BCUT2D eigenvalue weighted by atomic mass is 16.2. The molecule has 0 spiro atoms. The van der Waals surface area contributed by atoms with Gasteiger partial charge in [-0.2, -0.15) is 4.52 Å². The molecular weight excluding hydrogens is 362 g/mol. The summed E-state index contributed by atoms with van der Waals surface area (Å²) >= 11 is 0. The van der Waals surface area contributed by atoms with Crippen molar-refractivity contribution in [1.29, 1.82) is 0 Å². The van der Waals surface area contributed by atoms with E-state index in [1.165, 1.54) is 16.7 Å². The molecule has 0 aliphatic carbocycles. The molecule has 0 aliphatic heterocycles. The number of nitrogens with zero attached hydrogens (tertiary/aromatic N) is 5.